The third-order valence-corrected chi connectivity index (χ3v) is 5.57. The van der Waals surface area contributed by atoms with Gasteiger partial charge in [-0.05, 0) is 52.2 Å². The molecule has 1 aliphatic carbocycles. The zero-order valence-corrected chi connectivity index (χ0v) is 17.8. The van der Waals surface area contributed by atoms with Gasteiger partial charge in [0, 0.05) is 30.4 Å². The van der Waals surface area contributed by atoms with Gasteiger partial charge >= 0.3 is 0 Å². The Hall–Kier alpha value is -2.70. The second-order valence-corrected chi connectivity index (χ2v) is 8.14. The second-order valence-electron chi connectivity index (χ2n) is 8.14. The van der Waals surface area contributed by atoms with Gasteiger partial charge in [-0.25, -0.2) is 9.67 Å². The van der Waals surface area contributed by atoms with Crippen LogP contribution < -0.4 is 5.32 Å². The van der Waals surface area contributed by atoms with Gasteiger partial charge in [0.25, 0.3) is 5.91 Å². The minimum absolute atomic E-state index is 0.0565. The van der Waals surface area contributed by atoms with Gasteiger partial charge < -0.3 is 5.32 Å². The average molecular weight is 395 g/mol. The summed E-state index contributed by atoms with van der Waals surface area (Å²) < 4.78 is 3.91. The van der Waals surface area contributed by atoms with Crippen LogP contribution in [0.5, 0.6) is 0 Å². The van der Waals surface area contributed by atoms with E-state index in [9.17, 15) is 4.79 Å². The lowest BCUT2D eigenvalue weighted by Gasteiger charge is -2.10. The van der Waals surface area contributed by atoms with E-state index in [1.807, 2.05) is 42.3 Å². The van der Waals surface area contributed by atoms with Crippen LogP contribution in [0.4, 0.5) is 0 Å². The first-order valence-corrected chi connectivity index (χ1v) is 10.6. The average Bonchev–Trinajstić information content (AvgIpc) is 3.43. The monoisotopic (exact) mass is 394 g/mol. The molecule has 0 bridgehead atoms. The molecule has 0 aliphatic heterocycles. The van der Waals surface area contributed by atoms with Gasteiger partial charge in [-0.1, -0.05) is 13.3 Å². The van der Waals surface area contributed by atoms with E-state index in [4.69, 9.17) is 10.1 Å². The summed E-state index contributed by atoms with van der Waals surface area (Å²) in [4.78, 5) is 18.0. The Labute approximate surface area is 171 Å². The lowest BCUT2D eigenvalue weighted by atomic mass is 10.1. The third-order valence-electron chi connectivity index (χ3n) is 5.57. The van der Waals surface area contributed by atoms with Crippen molar-refractivity contribution in [3.05, 3.63) is 40.5 Å². The van der Waals surface area contributed by atoms with Crippen molar-refractivity contribution in [2.45, 2.75) is 72.4 Å². The van der Waals surface area contributed by atoms with Crippen LogP contribution in [0, 0.1) is 20.8 Å². The lowest BCUT2D eigenvalue weighted by Crippen LogP contribution is -2.28. The van der Waals surface area contributed by atoms with E-state index < -0.39 is 0 Å². The molecule has 1 N–H and O–H groups in total. The smallest absolute Gasteiger partial charge is 0.252 e. The van der Waals surface area contributed by atoms with E-state index in [-0.39, 0.29) is 5.91 Å². The molecule has 0 aromatic carbocycles. The number of nitrogens with one attached hydrogen (secondary N) is 1. The molecule has 1 fully saturated rings. The van der Waals surface area contributed by atoms with Crippen LogP contribution in [0.1, 0.15) is 71.7 Å². The number of aromatic nitrogens is 5. The zero-order valence-electron chi connectivity index (χ0n) is 17.8. The highest BCUT2D eigenvalue weighted by Gasteiger charge is 2.28. The zero-order chi connectivity index (χ0) is 20.5. The van der Waals surface area contributed by atoms with Crippen molar-refractivity contribution in [1.82, 2.24) is 29.9 Å². The Bertz CT molecular complexity index is 1040. The maximum Gasteiger partial charge on any atom is 0.252 e. The fourth-order valence-electron chi connectivity index (χ4n) is 3.88. The van der Waals surface area contributed by atoms with E-state index in [0.29, 0.717) is 24.6 Å². The summed E-state index contributed by atoms with van der Waals surface area (Å²) in [5.41, 5.74) is 5.55. The van der Waals surface area contributed by atoms with Gasteiger partial charge in [-0.2, -0.15) is 10.2 Å². The van der Waals surface area contributed by atoms with Crippen molar-refractivity contribution < 1.29 is 4.79 Å². The molecule has 0 spiro atoms. The summed E-state index contributed by atoms with van der Waals surface area (Å²) in [5.74, 6) is 0.425. The molecule has 1 aliphatic rings. The van der Waals surface area contributed by atoms with Crippen LogP contribution >= 0.6 is 0 Å². The molecule has 3 aromatic heterocycles. The minimum Gasteiger partial charge on any atom is -0.350 e. The van der Waals surface area contributed by atoms with Crippen molar-refractivity contribution in [3.63, 3.8) is 0 Å². The van der Waals surface area contributed by atoms with E-state index in [0.717, 1.165) is 66.0 Å². The fourth-order valence-corrected chi connectivity index (χ4v) is 3.88. The van der Waals surface area contributed by atoms with E-state index in [1.165, 1.54) is 0 Å². The Morgan fingerprint density at radius 2 is 1.93 bits per heavy atom. The third kappa shape index (κ3) is 4.04. The molecule has 4 rings (SSSR count). The van der Waals surface area contributed by atoms with Crippen LogP contribution in [-0.2, 0) is 13.1 Å². The number of hydrogen-bond acceptors (Lipinski definition) is 4. The molecule has 0 atom stereocenters. The molecule has 3 heterocycles. The van der Waals surface area contributed by atoms with Crippen LogP contribution in [0.25, 0.3) is 11.0 Å². The molecule has 0 saturated heterocycles. The Morgan fingerprint density at radius 1 is 1.14 bits per heavy atom. The number of pyridine rings is 1. The number of hydrogen-bond donors (Lipinski definition) is 1. The standard InChI is InChI=1S/C22H30N6O/c1-5-6-10-28-21-20(16(4)26-28)18(13-19(24-21)17-7-8-17)22(29)23-9-11-27-15(3)12-14(2)25-27/h12-13,17H,5-11H2,1-4H3,(H,23,29). The van der Waals surface area contributed by atoms with Gasteiger partial charge in [0.05, 0.1) is 28.9 Å². The molecular formula is C22H30N6O. The number of unbranched alkanes of at least 4 members (excludes halogenated alkanes) is 1. The summed E-state index contributed by atoms with van der Waals surface area (Å²) in [6, 6.07) is 4.03. The SMILES string of the molecule is CCCCn1nc(C)c2c(C(=O)NCCn3nc(C)cc3C)cc(C3CC3)nc21. The van der Waals surface area contributed by atoms with E-state index in [1.54, 1.807) is 0 Å². The first-order valence-electron chi connectivity index (χ1n) is 10.6. The molecule has 0 unspecified atom stereocenters. The van der Waals surface area contributed by atoms with Crippen LogP contribution in [0.3, 0.4) is 0 Å². The quantitative estimate of drug-likeness (QED) is 0.632. The largest absolute Gasteiger partial charge is 0.350 e. The van der Waals surface area contributed by atoms with Crippen molar-refractivity contribution >= 4 is 16.9 Å². The number of fused-ring (bicyclic) bond motifs is 1. The van der Waals surface area contributed by atoms with Crippen molar-refractivity contribution in [2.75, 3.05) is 6.54 Å². The Balaban J connectivity index is 1.60. The van der Waals surface area contributed by atoms with Gasteiger partial charge in [-0.3, -0.25) is 9.48 Å². The Morgan fingerprint density at radius 3 is 2.59 bits per heavy atom. The number of carbonyl (C=O) groups excluding carboxylic acids is 1. The molecule has 1 amide bonds. The Kier molecular flexibility index (Phi) is 5.39. The number of aryl methyl sites for hydroxylation is 4. The number of carbonyl (C=O) groups is 1. The molecule has 154 valence electrons. The van der Waals surface area contributed by atoms with Crippen LogP contribution in [-0.4, -0.2) is 37.0 Å². The molecular weight excluding hydrogens is 364 g/mol. The minimum atomic E-state index is -0.0565. The first kappa shape index (κ1) is 19.6. The maximum absolute atomic E-state index is 13.1. The molecule has 1 saturated carbocycles. The normalized spacial score (nSPS) is 13.9. The summed E-state index contributed by atoms with van der Waals surface area (Å²) in [7, 11) is 0. The van der Waals surface area contributed by atoms with Gasteiger partial charge in [0.15, 0.2) is 5.65 Å². The lowest BCUT2D eigenvalue weighted by molar-refractivity contribution is 0.0953. The van der Waals surface area contributed by atoms with Crippen LogP contribution in [0.2, 0.25) is 0 Å². The highest BCUT2D eigenvalue weighted by Crippen LogP contribution is 2.40. The highest BCUT2D eigenvalue weighted by atomic mass is 16.1. The van der Waals surface area contributed by atoms with Gasteiger partial charge in [0.2, 0.25) is 0 Å². The van der Waals surface area contributed by atoms with Crippen molar-refractivity contribution in [2.24, 2.45) is 0 Å². The number of nitrogens with zero attached hydrogens (tertiary/aromatic N) is 5. The second kappa shape index (κ2) is 7.97. The van der Waals surface area contributed by atoms with E-state index >= 15 is 0 Å². The molecule has 7 nitrogen and oxygen atoms in total. The van der Waals surface area contributed by atoms with E-state index in [2.05, 4.69) is 17.3 Å². The number of amides is 1. The molecule has 7 heteroatoms. The molecule has 0 radical (unpaired) electrons. The fraction of sp³-hybridized carbons (Fsp3) is 0.545. The van der Waals surface area contributed by atoms with Crippen molar-refractivity contribution in [3.8, 4) is 0 Å². The highest BCUT2D eigenvalue weighted by molar-refractivity contribution is 6.06. The summed E-state index contributed by atoms with van der Waals surface area (Å²) in [5, 5.41) is 13.1. The summed E-state index contributed by atoms with van der Waals surface area (Å²) >= 11 is 0. The molecule has 3 aromatic rings. The maximum atomic E-state index is 13.1. The molecule has 29 heavy (non-hydrogen) atoms. The predicted molar refractivity (Wildman–Crippen MR) is 113 cm³/mol. The van der Waals surface area contributed by atoms with Gasteiger partial charge in [-0.15, -0.1) is 0 Å². The summed E-state index contributed by atoms with van der Waals surface area (Å²) in [6.45, 7) is 10.2. The topological polar surface area (TPSA) is 77.6 Å². The van der Waals surface area contributed by atoms with Gasteiger partial charge in [0.1, 0.15) is 0 Å². The van der Waals surface area contributed by atoms with Crippen molar-refractivity contribution in [1.29, 1.82) is 0 Å². The number of rotatable bonds is 8. The van der Waals surface area contributed by atoms with Crippen LogP contribution in [0.15, 0.2) is 12.1 Å². The first-order chi connectivity index (χ1) is 14.0. The predicted octanol–water partition coefficient (Wildman–Crippen LogP) is 3.66. The summed E-state index contributed by atoms with van der Waals surface area (Å²) in [6.07, 6.45) is 4.46.